The smallest absolute Gasteiger partial charge is 0.204 e. The molecule has 0 bridgehead atoms. The highest BCUT2D eigenvalue weighted by Gasteiger charge is 2.14. The molecule has 0 radical (unpaired) electrons. The molecule has 0 saturated carbocycles. The van der Waals surface area contributed by atoms with Crippen LogP contribution in [0.25, 0.3) is 22.3 Å². The normalized spacial score (nSPS) is 11.0. The van der Waals surface area contributed by atoms with Crippen molar-refractivity contribution in [2.75, 3.05) is 0 Å². The van der Waals surface area contributed by atoms with E-state index in [-0.39, 0.29) is 12.3 Å². The number of nitrogens with one attached hydrogen (secondary N) is 1. The molecule has 0 aliphatic heterocycles. The number of nitrogens with zero attached hydrogens (tertiary/aromatic N) is 4. The van der Waals surface area contributed by atoms with Gasteiger partial charge in [-0.1, -0.05) is 29.8 Å². The molecular formula is C17H12ClN5O. The molecule has 4 rings (SSSR count). The summed E-state index contributed by atoms with van der Waals surface area (Å²) in [6.07, 6.45) is 1.71. The fraction of sp³-hybridized carbons (Fsp3) is 0.0588. The maximum absolute atomic E-state index is 12.5. The quantitative estimate of drug-likeness (QED) is 0.579. The molecule has 24 heavy (non-hydrogen) atoms. The van der Waals surface area contributed by atoms with Gasteiger partial charge in [0.2, 0.25) is 5.82 Å². The van der Waals surface area contributed by atoms with Gasteiger partial charge in [0.15, 0.2) is 5.78 Å². The number of hydrogen-bond acceptors (Lipinski definition) is 4. The number of aromatic nitrogens is 5. The molecule has 0 amide bonds. The molecule has 4 aromatic rings. The molecule has 7 heteroatoms. The standard InChI is InChI=1S/C17H12ClN5O/c18-12-7-5-11(6-8-12)17-20-22-23(21-17)10-16(24)14-9-19-15-4-2-1-3-13(14)15/h1-9,19H,10H2. The predicted molar refractivity (Wildman–Crippen MR) is 90.9 cm³/mol. The first-order valence-corrected chi connectivity index (χ1v) is 7.71. The van der Waals surface area contributed by atoms with Crippen molar-refractivity contribution in [2.45, 2.75) is 6.54 Å². The molecule has 0 fully saturated rings. The molecule has 1 N–H and O–H groups in total. The number of carbonyl (C=O) groups excluding carboxylic acids is 1. The van der Waals surface area contributed by atoms with Crippen molar-refractivity contribution in [1.29, 1.82) is 0 Å². The molecule has 2 heterocycles. The Balaban J connectivity index is 1.57. The second-order valence-electron chi connectivity index (χ2n) is 5.32. The summed E-state index contributed by atoms with van der Waals surface area (Å²) in [4.78, 5) is 16.9. The van der Waals surface area contributed by atoms with E-state index in [1.807, 2.05) is 36.4 Å². The third-order valence-corrected chi connectivity index (χ3v) is 3.98. The molecule has 0 aliphatic carbocycles. The third-order valence-electron chi connectivity index (χ3n) is 3.73. The van der Waals surface area contributed by atoms with Gasteiger partial charge in [-0.05, 0) is 35.5 Å². The minimum Gasteiger partial charge on any atom is -0.360 e. The summed E-state index contributed by atoms with van der Waals surface area (Å²) < 4.78 is 0. The van der Waals surface area contributed by atoms with Gasteiger partial charge in [-0.3, -0.25) is 4.79 Å². The molecule has 0 spiro atoms. The lowest BCUT2D eigenvalue weighted by Gasteiger charge is -1.98. The fourth-order valence-electron chi connectivity index (χ4n) is 2.54. The van der Waals surface area contributed by atoms with Crippen molar-refractivity contribution in [1.82, 2.24) is 25.2 Å². The highest BCUT2D eigenvalue weighted by atomic mass is 35.5. The van der Waals surface area contributed by atoms with E-state index in [4.69, 9.17) is 11.6 Å². The topological polar surface area (TPSA) is 76.5 Å². The van der Waals surface area contributed by atoms with Crippen LogP contribution in [-0.4, -0.2) is 31.0 Å². The number of benzene rings is 2. The average molecular weight is 338 g/mol. The number of carbonyl (C=O) groups is 1. The number of H-pyrrole nitrogens is 1. The zero-order valence-electron chi connectivity index (χ0n) is 12.5. The maximum atomic E-state index is 12.5. The largest absolute Gasteiger partial charge is 0.360 e. The van der Waals surface area contributed by atoms with Gasteiger partial charge in [0.25, 0.3) is 0 Å². The Bertz CT molecular complexity index is 1020. The molecule has 118 valence electrons. The van der Waals surface area contributed by atoms with Crippen molar-refractivity contribution in [2.24, 2.45) is 0 Å². The summed E-state index contributed by atoms with van der Waals surface area (Å²) in [5, 5.41) is 13.7. The summed E-state index contributed by atoms with van der Waals surface area (Å²) in [6.45, 7) is 0.0302. The van der Waals surface area contributed by atoms with E-state index in [0.717, 1.165) is 16.5 Å². The first-order valence-electron chi connectivity index (χ1n) is 7.34. The molecule has 0 aliphatic rings. The number of tetrazole rings is 1. The molecule has 0 atom stereocenters. The summed E-state index contributed by atoms with van der Waals surface area (Å²) >= 11 is 5.87. The molecule has 2 aromatic carbocycles. The first kappa shape index (κ1) is 14.6. The van der Waals surface area contributed by atoms with Crippen LogP contribution in [0.3, 0.4) is 0 Å². The number of hydrogen-bond donors (Lipinski definition) is 1. The van der Waals surface area contributed by atoms with Gasteiger partial charge in [-0.25, -0.2) is 0 Å². The van der Waals surface area contributed by atoms with Crippen LogP contribution >= 0.6 is 11.6 Å². The first-order chi connectivity index (χ1) is 11.7. The van der Waals surface area contributed by atoms with Gasteiger partial charge < -0.3 is 4.98 Å². The zero-order chi connectivity index (χ0) is 16.5. The Hall–Kier alpha value is -2.99. The van der Waals surface area contributed by atoms with Crippen molar-refractivity contribution in [3.8, 4) is 11.4 Å². The lowest BCUT2D eigenvalue weighted by atomic mass is 10.1. The van der Waals surface area contributed by atoms with Gasteiger partial charge in [-0.15, -0.1) is 10.2 Å². The summed E-state index contributed by atoms with van der Waals surface area (Å²) in [7, 11) is 0. The Labute approximate surface area is 142 Å². The Morgan fingerprint density at radius 3 is 2.75 bits per heavy atom. The zero-order valence-corrected chi connectivity index (χ0v) is 13.2. The monoisotopic (exact) mass is 337 g/mol. The van der Waals surface area contributed by atoms with E-state index < -0.39 is 0 Å². The number of ketones is 1. The molecular weight excluding hydrogens is 326 g/mol. The van der Waals surface area contributed by atoms with Crippen LogP contribution in [0.1, 0.15) is 10.4 Å². The highest BCUT2D eigenvalue weighted by molar-refractivity contribution is 6.30. The Morgan fingerprint density at radius 2 is 1.92 bits per heavy atom. The van der Waals surface area contributed by atoms with Crippen molar-refractivity contribution in [3.05, 3.63) is 65.3 Å². The molecule has 6 nitrogen and oxygen atoms in total. The summed E-state index contributed by atoms with van der Waals surface area (Å²) in [6, 6.07) is 14.8. The number of rotatable bonds is 4. The van der Waals surface area contributed by atoms with E-state index >= 15 is 0 Å². The molecule has 0 unspecified atom stereocenters. The van der Waals surface area contributed by atoms with Crippen LogP contribution in [0.2, 0.25) is 5.02 Å². The van der Waals surface area contributed by atoms with Crippen LogP contribution in [0.5, 0.6) is 0 Å². The number of aromatic amines is 1. The van der Waals surface area contributed by atoms with Gasteiger partial charge >= 0.3 is 0 Å². The number of halogens is 1. The van der Waals surface area contributed by atoms with Gasteiger partial charge in [0, 0.05) is 33.2 Å². The van der Waals surface area contributed by atoms with Gasteiger partial charge in [0.05, 0.1) is 0 Å². The molecule has 2 aromatic heterocycles. The van der Waals surface area contributed by atoms with Crippen molar-refractivity contribution >= 4 is 28.3 Å². The Morgan fingerprint density at radius 1 is 1.12 bits per heavy atom. The van der Waals surface area contributed by atoms with E-state index in [1.165, 1.54) is 4.80 Å². The van der Waals surface area contributed by atoms with Crippen LogP contribution in [-0.2, 0) is 6.54 Å². The summed E-state index contributed by atoms with van der Waals surface area (Å²) in [5.74, 6) is 0.380. The van der Waals surface area contributed by atoms with Crippen LogP contribution in [0, 0.1) is 0 Å². The van der Waals surface area contributed by atoms with E-state index in [0.29, 0.717) is 16.4 Å². The second kappa shape index (κ2) is 5.90. The lowest BCUT2D eigenvalue weighted by molar-refractivity contribution is 0.0963. The Kier molecular flexibility index (Phi) is 3.59. The van der Waals surface area contributed by atoms with Gasteiger partial charge in [-0.2, -0.15) is 4.80 Å². The van der Waals surface area contributed by atoms with Crippen LogP contribution in [0.15, 0.2) is 54.7 Å². The van der Waals surface area contributed by atoms with Crippen LogP contribution < -0.4 is 0 Å². The lowest BCUT2D eigenvalue weighted by Crippen LogP contribution is -2.13. The second-order valence-corrected chi connectivity index (χ2v) is 5.76. The van der Waals surface area contributed by atoms with E-state index in [2.05, 4.69) is 20.4 Å². The number of fused-ring (bicyclic) bond motifs is 1. The highest BCUT2D eigenvalue weighted by Crippen LogP contribution is 2.19. The number of Topliss-reactive ketones (excluding diaryl/α,β-unsaturated/α-hetero) is 1. The predicted octanol–water partition coefficient (Wildman–Crippen LogP) is 3.36. The SMILES string of the molecule is O=C(Cn1nnc(-c2ccc(Cl)cc2)n1)c1c[nH]c2ccccc12. The minimum absolute atomic E-state index is 0.0302. The average Bonchev–Trinajstić information content (AvgIpc) is 3.22. The van der Waals surface area contributed by atoms with Crippen LogP contribution in [0.4, 0.5) is 0 Å². The van der Waals surface area contributed by atoms with Crippen molar-refractivity contribution in [3.63, 3.8) is 0 Å². The number of para-hydroxylation sites is 1. The summed E-state index contributed by atoms with van der Waals surface area (Å²) in [5.41, 5.74) is 2.34. The fourth-order valence-corrected chi connectivity index (χ4v) is 2.67. The van der Waals surface area contributed by atoms with E-state index in [9.17, 15) is 4.79 Å². The van der Waals surface area contributed by atoms with Crippen molar-refractivity contribution < 1.29 is 4.79 Å². The maximum Gasteiger partial charge on any atom is 0.204 e. The third kappa shape index (κ3) is 2.68. The minimum atomic E-state index is -0.0764. The van der Waals surface area contributed by atoms with Gasteiger partial charge in [0.1, 0.15) is 6.54 Å². The molecule has 0 saturated heterocycles. The van der Waals surface area contributed by atoms with E-state index in [1.54, 1.807) is 18.3 Å².